The molecule has 264 valence electrons. The van der Waals surface area contributed by atoms with E-state index in [-0.39, 0.29) is 5.41 Å². The molecule has 0 heterocycles. The van der Waals surface area contributed by atoms with Crippen molar-refractivity contribution in [3.05, 3.63) is 211 Å². The molecule has 10 aromatic carbocycles. The quantitative estimate of drug-likeness (QED) is 0.161. The molecule has 0 amide bonds. The van der Waals surface area contributed by atoms with Gasteiger partial charge in [-0.25, -0.2) is 0 Å². The second kappa shape index (κ2) is 12.5. The van der Waals surface area contributed by atoms with Gasteiger partial charge in [0.25, 0.3) is 0 Å². The van der Waals surface area contributed by atoms with Crippen molar-refractivity contribution in [1.82, 2.24) is 0 Å². The Balaban J connectivity index is 1.09. The molecule has 0 saturated carbocycles. The van der Waals surface area contributed by atoms with Gasteiger partial charge in [-0.1, -0.05) is 172 Å². The van der Waals surface area contributed by atoms with Crippen LogP contribution in [0.2, 0.25) is 0 Å². The molecule has 1 aliphatic carbocycles. The fraction of sp³-hybridized carbons (Fsp3) is 0.0545. The molecule has 0 atom stereocenters. The maximum Gasteiger partial charge on any atom is 0.0543 e. The first kappa shape index (κ1) is 32.5. The Labute approximate surface area is 327 Å². The van der Waals surface area contributed by atoms with E-state index in [1.165, 1.54) is 93.3 Å². The van der Waals surface area contributed by atoms with Gasteiger partial charge in [0.15, 0.2) is 0 Å². The number of benzene rings is 10. The van der Waals surface area contributed by atoms with Crippen LogP contribution in [0, 0.1) is 0 Å². The van der Waals surface area contributed by atoms with E-state index >= 15 is 0 Å². The highest BCUT2D eigenvalue weighted by molar-refractivity contribution is 6.15. The first-order valence-electron chi connectivity index (χ1n) is 19.6. The van der Waals surface area contributed by atoms with Gasteiger partial charge in [-0.2, -0.15) is 0 Å². The molecule has 56 heavy (non-hydrogen) atoms. The van der Waals surface area contributed by atoms with Crippen molar-refractivity contribution >= 4 is 60.2 Å². The van der Waals surface area contributed by atoms with Gasteiger partial charge < -0.3 is 4.90 Å². The summed E-state index contributed by atoms with van der Waals surface area (Å²) in [7, 11) is 0. The van der Waals surface area contributed by atoms with Gasteiger partial charge in [0.1, 0.15) is 0 Å². The van der Waals surface area contributed by atoms with Crippen molar-refractivity contribution in [3.63, 3.8) is 0 Å². The summed E-state index contributed by atoms with van der Waals surface area (Å²) in [6, 6.07) is 73.9. The molecule has 1 nitrogen and oxygen atoms in total. The van der Waals surface area contributed by atoms with Crippen LogP contribution in [0.25, 0.3) is 76.5 Å². The molecule has 0 saturated heterocycles. The number of anilines is 3. The van der Waals surface area contributed by atoms with Gasteiger partial charge in [-0.3, -0.25) is 0 Å². The summed E-state index contributed by atoms with van der Waals surface area (Å²) >= 11 is 0. The monoisotopic (exact) mass is 713 g/mol. The van der Waals surface area contributed by atoms with Crippen LogP contribution in [0.4, 0.5) is 17.1 Å². The molecule has 0 fully saturated rings. The Morgan fingerprint density at radius 3 is 1.30 bits per heavy atom. The third-order valence-corrected chi connectivity index (χ3v) is 12.2. The predicted octanol–water partition coefficient (Wildman–Crippen LogP) is 15.4. The second-order valence-corrected chi connectivity index (χ2v) is 15.7. The number of fused-ring (bicyclic) bond motifs is 9. The molecule has 1 heteroatoms. The molecule has 0 radical (unpaired) electrons. The van der Waals surface area contributed by atoms with Gasteiger partial charge >= 0.3 is 0 Å². The molecule has 0 unspecified atom stereocenters. The number of hydrogen-bond acceptors (Lipinski definition) is 1. The zero-order valence-corrected chi connectivity index (χ0v) is 31.5. The molecule has 10 aromatic rings. The number of rotatable bonds is 5. The maximum atomic E-state index is 2.46. The summed E-state index contributed by atoms with van der Waals surface area (Å²) in [5, 5.41) is 10.2. The van der Waals surface area contributed by atoms with Crippen molar-refractivity contribution in [3.8, 4) is 33.4 Å². The summed E-state index contributed by atoms with van der Waals surface area (Å²) in [6.45, 7) is 4.72. The van der Waals surface area contributed by atoms with Crippen molar-refractivity contribution in [2.24, 2.45) is 0 Å². The van der Waals surface area contributed by atoms with Gasteiger partial charge in [0, 0.05) is 22.4 Å². The zero-order chi connectivity index (χ0) is 37.4. The highest BCUT2D eigenvalue weighted by atomic mass is 15.1. The minimum absolute atomic E-state index is 0.102. The van der Waals surface area contributed by atoms with E-state index < -0.39 is 0 Å². The molecule has 0 bridgehead atoms. The first-order chi connectivity index (χ1) is 27.5. The fourth-order valence-corrected chi connectivity index (χ4v) is 9.52. The second-order valence-electron chi connectivity index (χ2n) is 15.7. The maximum absolute atomic E-state index is 2.46. The van der Waals surface area contributed by atoms with Crippen LogP contribution in [0.15, 0.2) is 200 Å². The van der Waals surface area contributed by atoms with Crippen molar-refractivity contribution in [2.75, 3.05) is 4.90 Å². The third-order valence-electron chi connectivity index (χ3n) is 12.2. The largest absolute Gasteiger partial charge is 0.310 e. The van der Waals surface area contributed by atoms with Gasteiger partial charge in [-0.15, -0.1) is 0 Å². The lowest BCUT2D eigenvalue weighted by molar-refractivity contribution is 0.660. The average molecular weight is 714 g/mol. The highest BCUT2D eigenvalue weighted by Crippen LogP contribution is 2.54. The van der Waals surface area contributed by atoms with Crippen LogP contribution in [0.5, 0.6) is 0 Å². The summed E-state index contributed by atoms with van der Waals surface area (Å²) < 4.78 is 0. The van der Waals surface area contributed by atoms with Crippen LogP contribution in [0.1, 0.15) is 25.0 Å². The molecule has 0 spiro atoms. The minimum atomic E-state index is -0.102. The van der Waals surface area contributed by atoms with E-state index in [9.17, 15) is 0 Å². The summed E-state index contributed by atoms with van der Waals surface area (Å²) in [4.78, 5) is 2.46. The van der Waals surface area contributed by atoms with E-state index in [0.29, 0.717) is 0 Å². The molecule has 1 aliphatic rings. The number of hydrogen-bond donors (Lipinski definition) is 0. The predicted molar refractivity (Wildman–Crippen MR) is 240 cm³/mol. The fourth-order valence-electron chi connectivity index (χ4n) is 9.52. The molecule has 0 aromatic heterocycles. The lowest BCUT2D eigenvalue weighted by atomic mass is 9.82. The van der Waals surface area contributed by atoms with Gasteiger partial charge in [-0.05, 0) is 124 Å². The Morgan fingerprint density at radius 1 is 0.339 bits per heavy atom. The van der Waals surface area contributed by atoms with E-state index in [1.807, 2.05) is 0 Å². The van der Waals surface area contributed by atoms with E-state index in [2.05, 4.69) is 219 Å². The van der Waals surface area contributed by atoms with Crippen LogP contribution in [0.3, 0.4) is 0 Å². The van der Waals surface area contributed by atoms with Crippen LogP contribution < -0.4 is 4.90 Å². The van der Waals surface area contributed by atoms with Gasteiger partial charge in [0.05, 0.1) is 5.69 Å². The van der Waals surface area contributed by atoms with Crippen LogP contribution in [-0.4, -0.2) is 0 Å². The van der Waals surface area contributed by atoms with E-state index in [0.717, 1.165) is 11.4 Å². The molecule has 11 rings (SSSR count). The Kier molecular flexibility index (Phi) is 7.28. The van der Waals surface area contributed by atoms with E-state index in [1.54, 1.807) is 0 Å². The smallest absolute Gasteiger partial charge is 0.0543 e. The summed E-state index contributed by atoms with van der Waals surface area (Å²) in [5.74, 6) is 0. The summed E-state index contributed by atoms with van der Waals surface area (Å²) in [6.07, 6.45) is 0. The average Bonchev–Trinajstić information content (AvgIpc) is 3.50. The summed E-state index contributed by atoms with van der Waals surface area (Å²) in [5.41, 5.74) is 13.6. The Hall–Kier alpha value is -6.96. The normalized spacial score (nSPS) is 13.0. The van der Waals surface area contributed by atoms with Crippen molar-refractivity contribution < 1.29 is 0 Å². The lowest BCUT2D eigenvalue weighted by Gasteiger charge is -2.29. The van der Waals surface area contributed by atoms with Crippen molar-refractivity contribution in [2.45, 2.75) is 19.3 Å². The van der Waals surface area contributed by atoms with Crippen molar-refractivity contribution in [1.29, 1.82) is 0 Å². The molecular weight excluding hydrogens is 675 g/mol. The van der Waals surface area contributed by atoms with Gasteiger partial charge in [0.2, 0.25) is 0 Å². The number of nitrogens with zero attached hydrogens (tertiary/aromatic N) is 1. The molecule has 0 aliphatic heterocycles. The SMILES string of the molecule is CC1(C)c2ccccc2-c2c(N(c3ccc(-c4cc5ccccc5c5ccccc45)cc3)c3ccc(-c4cc5ccccc5c5ccccc45)cc3)cccc21. The first-order valence-corrected chi connectivity index (χ1v) is 19.6. The van der Waals surface area contributed by atoms with Crippen LogP contribution >= 0.6 is 0 Å². The van der Waals surface area contributed by atoms with Crippen LogP contribution in [-0.2, 0) is 5.41 Å². The Bertz CT molecular complexity index is 2990. The Morgan fingerprint density at radius 2 is 0.768 bits per heavy atom. The standard InChI is InChI=1S/C55H39N/c1-55(2)51-23-12-11-22-48(51)54-52(55)24-13-25-53(54)56(40-30-26-36(27-31-40)49-34-38-14-3-5-16-42(38)44-18-7-9-20-46(44)49)41-32-28-37(29-33-41)50-35-39-15-4-6-17-43(39)45-19-8-10-21-47(45)50/h3-35H,1-2H3. The third kappa shape index (κ3) is 4.94. The highest BCUT2D eigenvalue weighted by Gasteiger charge is 2.37. The topological polar surface area (TPSA) is 3.24 Å². The zero-order valence-electron chi connectivity index (χ0n) is 31.5. The molecular formula is C55H39N. The van der Waals surface area contributed by atoms with E-state index in [4.69, 9.17) is 0 Å². The molecule has 0 N–H and O–H groups in total. The minimum Gasteiger partial charge on any atom is -0.310 e. The lowest BCUT2D eigenvalue weighted by Crippen LogP contribution is -2.16.